The lowest BCUT2D eigenvalue weighted by Crippen LogP contribution is -2.42. The molecule has 1 aliphatic rings. The van der Waals surface area contributed by atoms with E-state index in [1.165, 1.54) is 30.5 Å². The van der Waals surface area contributed by atoms with Crippen molar-refractivity contribution in [3.63, 3.8) is 0 Å². The van der Waals surface area contributed by atoms with Crippen LogP contribution >= 0.6 is 0 Å². The number of nitrogens with zero attached hydrogens (tertiary/aromatic N) is 1. The van der Waals surface area contributed by atoms with Gasteiger partial charge < -0.3 is 10.5 Å². The molecule has 0 aliphatic carbocycles. The van der Waals surface area contributed by atoms with Gasteiger partial charge in [0.1, 0.15) is 0 Å². The smallest absolute Gasteiger partial charge is 0.243 e. The molecule has 5 nitrogen and oxygen atoms in total. The summed E-state index contributed by atoms with van der Waals surface area (Å²) in [5, 5.41) is 0. The van der Waals surface area contributed by atoms with Gasteiger partial charge in [0.05, 0.1) is 12.0 Å². The first kappa shape index (κ1) is 17.2. The number of ether oxygens (including phenoxy) is 1. The van der Waals surface area contributed by atoms with E-state index in [9.17, 15) is 12.8 Å². The maximum Gasteiger partial charge on any atom is 0.243 e. The zero-order valence-corrected chi connectivity index (χ0v) is 14.0. The number of halogens is 1. The number of nitrogens with two attached hydrogens (primary N) is 1. The summed E-state index contributed by atoms with van der Waals surface area (Å²) in [6.45, 7) is 4.24. The summed E-state index contributed by atoms with van der Waals surface area (Å²) in [5.74, 6) is -0.249. The molecule has 2 rings (SSSR count). The largest absolute Gasteiger partial charge is 0.494 e. The van der Waals surface area contributed by atoms with E-state index in [4.69, 9.17) is 10.5 Å². The van der Waals surface area contributed by atoms with Crippen LogP contribution in [0.5, 0.6) is 5.75 Å². The molecule has 1 aromatic carbocycles. The van der Waals surface area contributed by atoms with Gasteiger partial charge in [-0.2, -0.15) is 4.31 Å². The number of benzene rings is 1. The molecule has 124 valence electrons. The monoisotopic (exact) mass is 330 g/mol. The summed E-state index contributed by atoms with van der Waals surface area (Å²) in [4.78, 5) is 0.00467. The van der Waals surface area contributed by atoms with Gasteiger partial charge in [-0.15, -0.1) is 0 Å². The lowest BCUT2D eigenvalue weighted by molar-refractivity contribution is 0.250. The number of piperidine rings is 1. The Morgan fingerprint density at radius 1 is 1.36 bits per heavy atom. The summed E-state index contributed by atoms with van der Waals surface area (Å²) >= 11 is 0. The second kappa shape index (κ2) is 6.52. The molecule has 7 heteroatoms. The van der Waals surface area contributed by atoms with Crippen LogP contribution in [-0.4, -0.2) is 39.0 Å². The van der Waals surface area contributed by atoms with Gasteiger partial charge in [0.15, 0.2) is 11.6 Å². The van der Waals surface area contributed by atoms with E-state index in [0.717, 1.165) is 12.8 Å². The fourth-order valence-electron chi connectivity index (χ4n) is 2.86. The van der Waals surface area contributed by atoms with Gasteiger partial charge in [-0.1, -0.05) is 0 Å². The van der Waals surface area contributed by atoms with Gasteiger partial charge in [0.2, 0.25) is 10.0 Å². The first-order valence-electron chi connectivity index (χ1n) is 7.38. The molecule has 1 fully saturated rings. The lowest BCUT2D eigenvalue weighted by atomic mass is 9.92. The minimum atomic E-state index is -3.69. The van der Waals surface area contributed by atoms with Crippen LogP contribution in [0.15, 0.2) is 17.0 Å². The van der Waals surface area contributed by atoms with Crippen LogP contribution in [0.3, 0.4) is 0 Å². The molecule has 0 amide bonds. The van der Waals surface area contributed by atoms with Crippen molar-refractivity contribution >= 4 is 10.0 Å². The average molecular weight is 330 g/mol. The third-order valence-corrected chi connectivity index (χ3v) is 6.42. The molecule has 0 radical (unpaired) electrons. The number of rotatable bonds is 4. The average Bonchev–Trinajstić information content (AvgIpc) is 2.49. The van der Waals surface area contributed by atoms with E-state index in [1.807, 2.05) is 6.92 Å². The predicted octanol–water partition coefficient (Wildman–Crippen LogP) is 1.89. The van der Waals surface area contributed by atoms with Crippen molar-refractivity contribution in [2.75, 3.05) is 20.2 Å². The molecule has 1 aliphatic heterocycles. The number of methoxy groups -OCH3 is 1. The molecule has 0 spiro atoms. The normalized spacial score (nSPS) is 19.1. The molecule has 2 N–H and O–H groups in total. The third kappa shape index (κ3) is 3.11. The summed E-state index contributed by atoms with van der Waals surface area (Å²) < 4.78 is 45.8. The molecular formula is C15H23FN2O3S. The van der Waals surface area contributed by atoms with E-state index in [0.29, 0.717) is 19.0 Å². The number of sulfonamides is 1. The van der Waals surface area contributed by atoms with Crippen molar-refractivity contribution in [2.45, 2.75) is 37.6 Å². The van der Waals surface area contributed by atoms with Gasteiger partial charge >= 0.3 is 0 Å². The molecule has 1 atom stereocenters. The molecule has 0 saturated carbocycles. The number of hydrogen-bond acceptors (Lipinski definition) is 4. The highest BCUT2D eigenvalue weighted by Gasteiger charge is 2.32. The summed E-state index contributed by atoms with van der Waals surface area (Å²) in [5.41, 5.74) is 5.97. The van der Waals surface area contributed by atoms with Gasteiger partial charge in [0.25, 0.3) is 0 Å². The minimum Gasteiger partial charge on any atom is -0.494 e. The van der Waals surface area contributed by atoms with E-state index >= 15 is 0 Å². The Morgan fingerprint density at radius 2 is 1.95 bits per heavy atom. The molecule has 1 saturated heterocycles. The van der Waals surface area contributed by atoms with Gasteiger partial charge in [-0.05, 0) is 44.7 Å². The zero-order chi connectivity index (χ0) is 16.5. The second-order valence-electron chi connectivity index (χ2n) is 5.81. The summed E-state index contributed by atoms with van der Waals surface area (Å²) in [6, 6.07) is 2.82. The Kier molecular flexibility index (Phi) is 5.09. The Balaban J connectivity index is 2.27. The fraction of sp³-hybridized carbons (Fsp3) is 0.600. The highest BCUT2D eigenvalue weighted by molar-refractivity contribution is 7.89. The molecule has 22 heavy (non-hydrogen) atoms. The SMILES string of the molecule is COc1ccc(S(=O)(=O)N2CCC(C(C)N)CC2)c(C)c1F. The van der Waals surface area contributed by atoms with Crippen LogP contribution in [0.25, 0.3) is 0 Å². The van der Waals surface area contributed by atoms with Gasteiger partial charge in [0, 0.05) is 24.7 Å². The van der Waals surface area contributed by atoms with Crippen molar-refractivity contribution < 1.29 is 17.5 Å². The molecular weight excluding hydrogens is 307 g/mol. The van der Waals surface area contributed by atoms with E-state index < -0.39 is 15.8 Å². The van der Waals surface area contributed by atoms with E-state index in [-0.39, 0.29) is 22.3 Å². The summed E-state index contributed by atoms with van der Waals surface area (Å²) in [7, 11) is -2.34. The molecule has 1 unspecified atom stereocenters. The van der Waals surface area contributed by atoms with Crippen LogP contribution in [0, 0.1) is 18.7 Å². The topological polar surface area (TPSA) is 72.6 Å². The first-order chi connectivity index (χ1) is 10.3. The van der Waals surface area contributed by atoms with Crippen molar-refractivity contribution in [2.24, 2.45) is 11.7 Å². The third-order valence-electron chi connectivity index (χ3n) is 4.38. The molecule has 1 aromatic rings. The fourth-order valence-corrected chi connectivity index (χ4v) is 4.55. The first-order valence-corrected chi connectivity index (χ1v) is 8.82. The standard InChI is InChI=1S/C15H23FN2O3S/c1-10-14(5-4-13(21-3)15(10)16)22(19,20)18-8-6-12(7-9-18)11(2)17/h4-5,11-12H,6-9,17H2,1-3H3. The van der Waals surface area contributed by atoms with Crippen LogP contribution in [0.1, 0.15) is 25.3 Å². The minimum absolute atomic E-state index is 0.00467. The Morgan fingerprint density at radius 3 is 2.45 bits per heavy atom. The van der Waals surface area contributed by atoms with Crippen LogP contribution in [0.2, 0.25) is 0 Å². The van der Waals surface area contributed by atoms with E-state index in [1.54, 1.807) is 0 Å². The zero-order valence-electron chi connectivity index (χ0n) is 13.2. The Bertz CT molecular complexity index is 638. The van der Waals surface area contributed by atoms with Gasteiger partial charge in [-0.3, -0.25) is 0 Å². The van der Waals surface area contributed by atoms with Crippen molar-refractivity contribution in [3.8, 4) is 5.75 Å². The van der Waals surface area contributed by atoms with E-state index in [2.05, 4.69) is 0 Å². The molecule has 0 bridgehead atoms. The van der Waals surface area contributed by atoms with Crippen molar-refractivity contribution in [1.29, 1.82) is 0 Å². The highest BCUT2D eigenvalue weighted by Crippen LogP contribution is 2.30. The lowest BCUT2D eigenvalue weighted by Gasteiger charge is -2.33. The van der Waals surface area contributed by atoms with Crippen LogP contribution in [0.4, 0.5) is 4.39 Å². The number of hydrogen-bond donors (Lipinski definition) is 1. The Hall–Kier alpha value is -1.18. The highest BCUT2D eigenvalue weighted by atomic mass is 32.2. The maximum atomic E-state index is 14.1. The van der Waals surface area contributed by atoms with Crippen molar-refractivity contribution in [1.82, 2.24) is 4.31 Å². The molecule has 1 heterocycles. The second-order valence-corrected chi connectivity index (χ2v) is 7.71. The summed E-state index contributed by atoms with van der Waals surface area (Å²) in [6.07, 6.45) is 1.46. The Labute approximate surface area is 131 Å². The van der Waals surface area contributed by atoms with Crippen LogP contribution < -0.4 is 10.5 Å². The van der Waals surface area contributed by atoms with Gasteiger partial charge in [-0.25, -0.2) is 12.8 Å². The maximum absolute atomic E-state index is 14.1. The quantitative estimate of drug-likeness (QED) is 0.915. The van der Waals surface area contributed by atoms with Crippen LogP contribution in [-0.2, 0) is 10.0 Å². The predicted molar refractivity (Wildman–Crippen MR) is 82.8 cm³/mol. The van der Waals surface area contributed by atoms with Crippen molar-refractivity contribution in [3.05, 3.63) is 23.5 Å². The molecule has 0 aromatic heterocycles.